The summed E-state index contributed by atoms with van der Waals surface area (Å²) in [6.07, 6.45) is 1.05. The molecule has 4 rings (SSSR count). The molecule has 2 aromatic carbocycles. The summed E-state index contributed by atoms with van der Waals surface area (Å²) in [5, 5.41) is 3.80. The fraction of sp³-hybridized carbons (Fsp3) is 0.318. The van der Waals surface area contributed by atoms with Gasteiger partial charge in [-0.1, -0.05) is 31.2 Å². The SMILES string of the molecule is CCCNC(=O)[C@H]1CN(C(=O)CCc2nc3ccccc3s2)c2ccccc2O1. The van der Waals surface area contributed by atoms with Crippen LogP contribution in [0.1, 0.15) is 24.8 Å². The predicted octanol–water partition coefficient (Wildman–Crippen LogP) is 3.55. The molecule has 0 spiro atoms. The highest BCUT2D eigenvalue weighted by Crippen LogP contribution is 2.34. The minimum atomic E-state index is -0.706. The smallest absolute Gasteiger partial charge is 0.262 e. The van der Waals surface area contributed by atoms with Gasteiger partial charge in [-0.15, -0.1) is 11.3 Å². The number of anilines is 1. The number of benzene rings is 2. The number of rotatable bonds is 6. The lowest BCUT2D eigenvalue weighted by atomic mass is 10.1. The van der Waals surface area contributed by atoms with Gasteiger partial charge in [-0.2, -0.15) is 0 Å². The number of thiazole rings is 1. The first-order valence-corrected chi connectivity index (χ1v) is 10.7. The lowest BCUT2D eigenvalue weighted by Crippen LogP contribution is -2.50. The second-order valence-electron chi connectivity index (χ2n) is 6.94. The van der Waals surface area contributed by atoms with Crippen LogP contribution in [-0.4, -0.2) is 36.0 Å². The number of amides is 2. The summed E-state index contributed by atoms with van der Waals surface area (Å²) >= 11 is 1.62. The molecular formula is C22H23N3O3S. The van der Waals surface area contributed by atoms with Gasteiger partial charge in [0.05, 0.1) is 27.5 Å². The van der Waals surface area contributed by atoms with Gasteiger partial charge in [0.2, 0.25) is 5.91 Å². The second-order valence-corrected chi connectivity index (χ2v) is 8.06. The van der Waals surface area contributed by atoms with Crippen LogP contribution in [0.5, 0.6) is 5.75 Å². The van der Waals surface area contributed by atoms with Crippen molar-refractivity contribution in [1.82, 2.24) is 10.3 Å². The number of carbonyl (C=O) groups excluding carboxylic acids is 2. The van der Waals surface area contributed by atoms with E-state index < -0.39 is 6.10 Å². The molecule has 0 saturated heterocycles. The zero-order chi connectivity index (χ0) is 20.2. The molecule has 0 unspecified atom stereocenters. The Balaban J connectivity index is 1.48. The Labute approximate surface area is 173 Å². The van der Waals surface area contributed by atoms with Gasteiger partial charge in [-0.3, -0.25) is 9.59 Å². The van der Waals surface area contributed by atoms with Gasteiger partial charge in [-0.05, 0) is 30.7 Å². The van der Waals surface area contributed by atoms with E-state index in [4.69, 9.17) is 4.74 Å². The van der Waals surface area contributed by atoms with E-state index in [9.17, 15) is 9.59 Å². The minimum absolute atomic E-state index is 0.0340. The van der Waals surface area contributed by atoms with Crippen LogP contribution in [0, 0.1) is 0 Å². The molecule has 0 fully saturated rings. The lowest BCUT2D eigenvalue weighted by Gasteiger charge is -2.34. The Morgan fingerprint density at radius 3 is 2.83 bits per heavy atom. The van der Waals surface area contributed by atoms with Gasteiger partial charge in [0.25, 0.3) is 5.91 Å². The molecule has 0 aliphatic carbocycles. The van der Waals surface area contributed by atoms with E-state index in [0.717, 1.165) is 21.6 Å². The number of fused-ring (bicyclic) bond motifs is 2. The maximum Gasteiger partial charge on any atom is 0.262 e. The van der Waals surface area contributed by atoms with Crippen molar-refractivity contribution >= 4 is 39.1 Å². The van der Waals surface area contributed by atoms with E-state index in [1.54, 1.807) is 22.3 Å². The fourth-order valence-corrected chi connectivity index (χ4v) is 4.31. The number of ether oxygens (including phenoxy) is 1. The molecular weight excluding hydrogens is 386 g/mol. The summed E-state index contributed by atoms with van der Waals surface area (Å²) in [6.45, 7) is 2.80. The van der Waals surface area contributed by atoms with Crippen molar-refractivity contribution in [2.75, 3.05) is 18.0 Å². The molecule has 1 N–H and O–H groups in total. The van der Waals surface area contributed by atoms with Crippen LogP contribution in [0.3, 0.4) is 0 Å². The van der Waals surface area contributed by atoms with E-state index in [1.807, 2.05) is 49.4 Å². The molecule has 7 heteroatoms. The number of hydrogen-bond acceptors (Lipinski definition) is 5. The van der Waals surface area contributed by atoms with E-state index in [1.165, 1.54) is 0 Å². The van der Waals surface area contributed by atoms with Crippen LogP contribution < -0.4 is 15.0 Å². The highest BCUT2D eigenvalue weighted by Gasteiger charge is 2.33. The van der Waals surface area contributed by atoms with Crippen molar-refractivity contribution in [2.45, 2.75) is 32.3 Å². The Morgan fingerprint density at radius 2 is 2.00 bits per heavy atom. The Morgan fingerprint density at radius 1 is 1.21 bits per heavy atom. The van der Waals surface area contributed by atoms with Gasteiger partial charge in [0.15, 0.2) is 6.10 Å². The highest BCUT2D eigenvalue weighted by molar-refractivity contribution is 7.18. The Kier molecular flexibility index (Phi) is 5.76. The van der Waals surface area contributed by atoms with Crippen LogP contribution in [0.15, 0.2) is 48.5 Å². The predicted molar refractivity (Wildman–Crippen MR) is 114 cm³/mol. The topological polar surface area (TPSA) is 71.5 Å². The van der Waals surface area contributed by atoms with Crippen molar-refractivity contribution in [3.05, 3.63) is 53.5 Å². The van der Waals surface area contributed by atoms with Crippen LogP contribution in [-0.2, 0) is 16.0 Å². The first-order chi connectivity index (χ1) is 14.2. The summed E-state index contributed by atoms with van der Waals surface area (Å²) in [4.78, 5) is 31.8. The molecule has 0 bridgehead atoms. The monoisotopic (exact) mass is 409 g/mol. The summed E-state index contributed by atoms with van der Waals surface area (Å²) in [7, 11) is 0. The number of carbonyl (C=O) groups is 2. The molecule has 1 aromatic heterocycles. The second kappa shape index (κ2) is 8.61. The zero-order valence-corrected chi connectivity index (χ0v) is 17.1. The van der Waals surface area contributed by atoms with Gasteiger partial charge >= 0.3 is 0 Å². The average molecular weight is 410 g/mol. The minimum Gasteiger partial charge on any atom is -0.477 e. The molecule has 6 nitrogen and oxygen atoms in total. The third-order valence-electron chi connectivity index (χ3n) is 4.81. The van der Waals surface area contributed by atoms with E-state index in [2.05, 4.69) is 10.3 Å². The molecule has 29 heavy (non-hydrogen) atoms. The first kappa shape index (κ1) is 19.4. The summed E-state index contributed by atoms with van der Waals surface area (Å²) in [6, 6.07) is 15.3. The Hall–Kier alpha value is -2.93. The van der Waals surface area contributed by atoms with Gasteiger partial charge < -0.3 is 15.0 Å². The summed E-state index contributed by atoms with van der Waals surface area (Å²) in [5.74, 6) is 0.336. The largest absolute Gasteiger partial charge is 0.477 e. The number of aryl methyl sites for hydroxylation is 1. The van der Waals surface area contributed by atoms with Crippen LogP contribution in [0.4, 0.5) is 5.69 Å². The maximum atomic E-state index is 13.0. The first-order valence-electron chi connectivity index (χ1n) is 9.84. The number of nitrogens with one attached hydrogen (secondary N) is 1. The molecule has 3 aromatic rings. The quantitative estimate of drug-likeness (QED) is 0.676. The molecule has 0 saturated carbocycles. The molecule has 2 heterocycles. The van der Waals surface area contributed by atoms with E-state index in [0.29, 0.717) is 30.8 Å². The average Bonchev–Trinajstić information content (AvgIpc) is 3.18. The van der Waals surface area contributed by atoms with E-state index >= 15 is 0 Å². The normalized spacial score (nSPS) is 15.6. The molecule has 0 radical (unpaired) electrons. The van der Waals surface area contributed by atoms with Gasteiger partial charge in [-0.25, -0.2) is 4.98 Å². The Bertz CT molecular complexity index is 1000. The van der Waals surface area contributed by atoms with Crippen molar-refractivity contribution < 1.29 is 14.3 Å². The number of para-hydroxylation sites is 3. The number of aromatic nitrogens is 1. The van der Waals surface area contributed by atoms with Crippen LogP contribution in [0.25, 0.3) is 10.2 Å². The zero-order valence-electron chi connectivity index (χ0n) is 16.3. The summed E-state index contributed by atoms with van der Waals surface area (Å²) < 4.78 is 6.98. The molecule has 1 aliphatic heterocycles. The molecule has 2 amide bonds. The van der Waals surface area contributed by atoms with Crippen molar-refractivity contribution in [2.24, 2.45) is 0 Å². The maximum absolute atomic E-state index is 13.0. The van der Waals surface area contributed by atoms with Crippen molar-refractivity contribution in [1.29, 1.82) is 0 Å². The molecule has 1 atom stereocenters. The van der Waals surface area contributed by atoms with Crippen LogP contribution in [0.2, 0.25) is 0 Å². The standard InChI is InChI=1S/C22H23N3O3S/c1-2-13-23-22(27)18-14-25(16-8-4-5-9-17(16)28-18)21(26)12-11-20-24-15-7-3-6-10-19(15)29-20/h3-10,18H,2,11-14H2,1H3,(H,23,27)/t18-/m1/s1. The number of hydrogen-bond donors (Lipinski definition) is 1. The molecule has 150 valence electrons. The summed E-state index contributed by atoms with van der Waals surface area (Å²) in [5.41, 5.74) is 1.67. The lowest BCUT2D eigenvalue weighted by molar-refractivity contribution is -0.128. The fourth-order valence-electron chi connectivity index (χ4n) is 3.34. The third-order valence-corrected chi connectivity index (χ3v) is 5.90. The van der Waals surface area contributed by atoms with E-state index in [-0.39, 0.29) is 18.4 Å². The number of nitrogens with zero attached hydrogens (tertiary/aromatic N) is 2. The van der Waals surface area contributed by atoms with Gasteiger partial charge in [0, 0.05) is 19.4 Å². The van der Waals surface area contributed by atoms with Crippen LogP contribution >= 0.6 is 11.3 Å². The highest BCUT2D eigenvalue weighted by atomic mass is 32.1. The molecule has 1 aliphatic rings. The van der Waals surface area contributed by atoms with Gasteiger partial charge in [0.1, 0.15) is 5.75 Å². The van der Waals surface area contributed by atoms with Crippen molar-refractivity contribution in [3.8, 4) is 5.75 Å². The third kappa shape index (κ3) is 4.24. The van der Waals surface area contributed by atoms with Crippen molar-refractivity contribution in [3.63, 3.8) is 0 Å².